The van der Waals surface area contributed by atoms with Gasteiger partial charge in [-0.25, -0.2) is 0 Å². The lowest BCUT2D eigenvalue weighted by Gasteiger charge is -2.10. The number of unbranched alkanes of at least 4 members (excludes halogenated alkanes) is 1. The van der Waals surface area contributed by atoms with Gasteiger partial charge in [-0.15, -0.1) is 0 Å². The van der Waals surface area contributed by atoms with E-state index in [4.69, 9.17) is 0 Å². The van der Waals surface area contributed by atoms with Crippen molar-refractivity contribution >= 4 is 0 Å². The lowest BCUT2D eigenvalue weighted by molar-refractivity contribution is 0.416. The highest BCUT2D eigenvalue weighted by atomic mass is 14.5. The van der Waals surface area contributed by atoms with Crippen molar-refractivity contribution < 1.29 is 0 Å². The van der Waals surface area contributed by atoms with Crippen molar-refractivity contribution in [2.24, 2.45) is 29.6 Å². The van der Waals surface area contributed by atoms with Crippen molar-refractivity contribution in [3.63, 3.8) is 0 Å². The number of rotatable bonds is 8. The topological polar surface area (TPSA) is 0 Å². The van der Waals surface area contributed by atoms with Gasteiger partial charge in [0.2, 0.25) is 0 Å². The van der Waals surface area contributed by atoms with Gasteiger partial charge in [0.15, 0.2) is 0 Å². The van der Waals surface area contributed by atoms with Gasteiger partial charge in [0.1, 0.15) is 0 Å². The summed E-state index contributed by atoms with van der Waals surface area (Å²) in [5.41, 5.74) is 0. The molecule has 100 valence electrons. The first-order valence-electron chi connectivity index (χ1n) is 7.76. The molecule has 1 rings (SSSR count). The van der Waals surface area contributed by atoms with Crippen molar-refractivity contribution in [1.29, 1.82) is 0 Å². The van der Waals surface area contributed by atoms with E-state index < -0.39 is 0 Å². The molecule has 1 aliphatic carbocycles. The zero-order chi connectivity index (χ0) is 12.8. The summed E-state index contributed by atoms with van der Waals surface area (Å²) in [5, 5.41) is 0. The lowest BCUT2D eigenvalue weighted by Crippen LogP contribution is -2.01. The first kappa shape index (κ1) is 14.8. The van der Waals surface area contributed by atoms with Crippen molar-refractivity contribution in [1.82, 2.24) is 0 Å². The second kappa shape index (κ2) is 7.24. The van der Waals surface area contributed by atoms with Gasteiger partial charge in [0.25, 0.3) is 0 Å². The minimum atomic E-state index is 0.896. The van der Waals surface area contributed by atoms with Gasteiger partial charge in [-0.3, -0.25) is 0 Å². The van der Waals surface area contributed by atoms with Gasteiger partial charge in [0, 0.05) is 0 Å². The quantitative estimate of drug-likeness (QED) is 0.475. The highest BCUT2D eigenvalue weighted by Crippen LogP contribution is 2.54. The van der Waals surface area contributed by atoms with E-state index in [0.29, 0.717) is 0 Å². The zero-order valence-corrected chi connectivity index (χ0v) is 12.6. The summed E-state index contributed by atoms with van der Waals surface area (Å²) in [5.74, 6) is 4.84. The molecule has 0 heterocycles. The summed E-state index contributed by atoms with van der Waals surface area (Å²) in [7, 11) is 0. The molecule has 5 atom stereocenters. The van der Waals surface area contributed by atoms with Crippen LogP contribution in [0.4, 0.5) is 0 Å². The Bertz CT molecular complexity index is 228. The minimum Gasteiger partial charge on any atom is -0.0885 e. The molecular formula is C17H32. The summed E-state index contributed by atoms with van der Waals surface area (Å²) < 4.78 is 0. The van der Waals surface area contributed by atoms with E-state index in [1.165, 1.54) is 32.1 Å². The summed E-state index contributed by atoms with van der Waals surface area (Å²) in [4.78, 5) is 0. The Morgan fingerprint density at radius 3 is 2.41 bits per heavy atom. The second-order valence-electron chi connectivity index (χ2n) is 6.32. The predicted octanol–water partition coefficient (Wildman–Crippen LogP) is 5.69. The molecule has 1 aliphatic rings. The van der Waals surface area contributed by atoms with Crippen molar-refractivity contribution in [2.45, 2.75) is 66.7 Å². The van der Waals surface area contributed by atoms with Gasteiger partial charge in [-0.2, -0.15) is 0 Å². The minimum absolute atomic E-state index is 0.896. The largest absolute Gasteiger partial charge is 0.0885 e. The maximum Gasteiger partial charge on any atom is -0.0322 e. The Hall–Kier alpha value is -0.260. The van der Waals surface area contributed by atoms with E-state index in [0.717, 1.165) is 29.6 Å². The summed E-state index contributed by atoms with van der Waals surface area (Å²) >= 11 is 0. The van der Waals surface area contributed by atoms with Crippen LogP contribution < -0.4 is 0 Å². The number of hydrogen-bond donors (Lipinski definition) is 0. The lowest BCUT2D eigenvalue weighted by atomic mass is 9.95. The average molecular weight is 236 g/mol. The zero-order valence-electron chi connectivity index (χ0n) is 12.6. The SMILES string of the molecule is CCCC=CCC(C)C1C(C)C1CC(C)CC. The van der Waals surface area contributed by atoms with Crippen molar-refractivity contribution in [3.8, 4) is 0 Å². The van der Waals surface area contributed by atoms with E-state index in [1.54, 1.807) is 0 Å². The van der Waals surface area contributed by atoms with Crippen LogP contribution in [0, 0.1) is 29.6 Å². The molecule has 5 unspecified atom stereocenters. The normalized spacial score (nSPS) is 31.7. The molecule has 1 fully saturated rings. The van der Waals surface area contributed by atoms with E-state index >= 15 is 0 Å². The molecule has 0 spiro atoms. The van der Waals surface area contributed by atoms with Crippen LogP contribution in [0.1, 0.15) is 66.7 Å². The molecule has 1 saturated carbocycles. The van der Waals surface area contributed by atoms with E-state index in [-0.39, 0.29) is 0 Å². The Balaban J connectivity index is 2.26. The molecular weight excluding hydrogens is 204 g/mol. The molecule has 0 radical (unpaired) electrons. The fourth-order valence-corrected chi connectivity index (χ4v) is 3.28. The maximum absolute atomic E-state index is 2.46. The first-order valence-corrected chi connectivity index (χ1v) is 7.76. The van der Waals surface area contributed by atoms with Gasteiger partial charge in [-0.1, -0.05) is 59.6 Å². The van der Waals surface area contributed by atoms with E-state index in [2.05, 4.69) is 46.8 Å². The molecule has 0 aromatic rings. The summed E-state index contributed by atoms with van der Waals surface area (Å²) in [6.07, 6.45) is 11.4. The van der Waals surface area contributed by atoms with Crippen LogP contribution in [0.25, 0.3) is 0 Å². The molecule has 0 saturated heterocycles. The fourth-order valence-electron chi connectivity index (χ4n) is 3.28. The van der Waals surface area contributed by atoms with Crippen LogP contribution in [0.3, 0.4) is 0 Å². The average Bonchev–Trinajstić information content (AvgIpc) is 2.94. The molecule has 0 aromatic heterocycles. The Morgan fingerprint density at radius 2 is 1.82 bits per heavy atom. The standard InChI is InChI=1S/C17H32/c1-6-8-9-10-11-14(4)17-15(5)16(17)12-13(3)7-2/h9-10,13-17H,6-8,11-12H2,1-5H3. The van der Waals surface area contributed by atoms with Crippen LogP contribution >= 0.6 is 0 Å². The van der Waals surface area contributed by atoms with Gasteiger partial charge in [-0.05, 0) is 48.9 Å². The molecule has 0 heteroatoms. The Morgan fingerprint density at radius 1 is 1.12 bits per heavy atom. The van der Waals surface area contributed by atoms with E-state index in [1.807, 2.05) is 0 Å². The smallest absolute Gasteiger partial charge is 0.0322 e. The number of allylic oxidation sites excluding steroid dienone is 2. The second-order valence-corrected chi connectivity index (χ2v) is 6.32. The Labute approximate surface area is 109 Å². The van der Waals surface area contributed by atoms with Crippen LogP contribution in [-0.2, 0) is 0 Å². The highest BCUT2D eigenvalue weighted by molar-refractivity contribution is 4.99. The van der Waals surface area contributed by atoms with Crippen molar-refractivity contribution in [2.75, 3.05) is 0 Å². The molecule has 0 N–H and O–H groups in total. The molecule has 0 amide bonds. The predicted molar refractivity (Wildman–Crippen MR) is 78.0 cm³/mol. The van der Waals surface area contributed by atoms with Gasteiger partial charge >= 0.3 is 0 Å². The maximum atomic E-state index is 2.46. The molecule has 0 aromatic carbocycles. The van der Waals surface area contributed by atoms with E-state index in [9.17, 15) is 0 Å². The van der Waals surface area contributed by atoms with Crippen LogP contribution in [0.5, 0.6) is 0 Å². The molecule has 0 nitrogen and oxygen atoms in total. The fraction of sp³-hybridized carbons (Fsp3) is 0.882. The van der Waals surface area contributed by atoms with Crippen LogP contribution in [-0.4, -0.2) is 0 Å². The third kappa shape index (κ3) is 4.48. The third-order valence-electron chi connectivity index (χ3n) is 4.79. The van der Waals surface area contributed by atoms with Crippen LogP contribution in [0.15, 0.2) is 12.2 Å². The van der Waals surface area contributed by atoms with Gasteiger partial charge < -0.3 is 0 Å². The summed E-state index contributed by atoms with van der Waals surface area (Å²) in [6.45, 7) is 11.9. The van der Waals surface area contributed by atoms with Crippen molar-refractivity contribution in [3.05, 3.63) is 12.2 Å². The molecule has 0 bridgehead atoms. The highest BCUT2D eigenvalue weighted by Gasteiger charge is 2.48. The monoisotopic (exact) mass is 236 g/mol. The first-order chi connectivity index (χ1) is 8.11. The summed E-state index contributed by atoms with van der Waals surface area (Å²) in [6, 6.07) is 0. The molecule has 17 heavy (non-hydrogen) atoms. The molecule has 0 aliphatic heterocycles. The van der Waals surface area contributed by atoms with Crippen LogP contribution in [0.2, 0.25) is 0 Å². The third-order valence-corrected chi connectivity index (χ3v) is 4.79. The Kier molecular flexibility index (Phi) is 6.30. The number of hydrogen-bond acceptors (Lipinski definition) is 0. The van der Waals surface area contributed by atoms with Gasteiger partial charge in [0.05, 0.1) is 0 Å².